The number of amides is 1. The highest BCUT2D eigenvalue weighted by Gasteiger charge is 2.27. The molecule has 1 rings (SSSR count). The van der Waals surface area contributed by atoms with Crippen LogP contribution < -0.4 is 11.1 Å². The summed E-state index contributed by atoms with van der Waals surface area (Å²) in [4.78, 5) is 17.2. The van der Waals surface area contributed by atoms with Gasteiger partial charge in [-0.05, 0) is 12.8 Å². The minimum Gasteiger partial charge on any atom is -0.383 e. The summed E-state index contributed by atoms with van der Waals surface area (Å²) >= 11 is 0. The molecular formula is C10H20N4O2. The predicted octanol–water partition coefficient (Wildman–Crippen LogP) is -0.842. The Bertz CT molecular complexity index is 264. The second-order valence-corrected chi connectivity index (χ2v) is 3.86. The lowest BCUT2D eigenvalue weighted by molar-refractivity contribution is -0.119. The highest BCUT2D eigenvalue weighted by Crippen LogP contribution is 2.24. The van der Waals surface area contributed by atoms with Gasteiger partial charge in [-0.1, -0.05) is 0 Å². The zero-order valence-corrected chi connectivity index (χ0v) is 9.90. The highest BCUT2D eigenvalue weighted by atomic mass is 16.5. The number of ether oxygens (including phenoxy) is 1. The highest BCUT2D eigenvalue weighted by molar-refractivity contribution is 5.84. The number of aliphatic imine (C=N–C) groups is 1. The molecule has 1 saturated carbocycles. The monoisotopic (exact) mass is 228 g/mol. The first-order valence-corrected chi connectivity index (χ1v) is 5.43. The summed E-state index contributed by atoms with van der Waals surface area (Å²) in [5, 5.41) is 2.68. The van der Waals surface area contributed by atoms with E-state index in [1.165, 1.54) is 0 Å². The third kappa shape index (κ3) is 4.48. The van der Waals surface area contributed by atoms with Crippen LogP contribution in [0.15, 0.2) is 4.99 Å². The standard InChI is InChI=1S/C10H20N4O2/c1-14(8-3-4-8)10(11)13-7-9(15)12-5-6-16-2/h8H,3-7H2,1-2H3,(H2,11,13)(H,12,15). The molecule has 3 N–H and O–H groups in total. The van der Waals surface area contributed by atoms with Gasteiger partial charge in [0.15, 0.2) is 5.96 Å². The van der Waals surface area contributed by atoms with Crippen LogP contribution in [0.3, 0.4) is 0 Å². The van der Waals surface area contributed by atoms with Crippen LogP contribution in [0.4, 0.5) is 0 Å². The molecule has 1 fully saturated rings. The molecule has 0 aromatic carbocycles. The van der Waals surface area contributed by atoms with Crippen LogP contribution in [0.5, 0.6) is 0 Å². The molecule has 6 heteroatoms. The third-order valence-corrected chi connectivity index (χ3v) is 2.47. The lowest BCUT2D eigenvalue weighted by Gasteiger charge is -2.16. The van der Waals surface area contributed by atoms with E-state index in [-0.39, 0.29) is 12.5 Å². The summed E-state index contributed by atoms with van der Waals surface area (Å²) in [6, 6.07) is 0.514. The van der Waals surface area contributed by atoms with Gasteiger partial charge in [-0.3, -0.25) is 4.79 Å². The Morgan fingerprint density at radius 2 is 2.31 bits per heavy atom. The first-order valence-electron chi connectivity index (χ1n) is 5.43. The topological polar surface area (TPSA) is 79.9 Å². The van der Waals surface area contributed by atoms with E-state index in [2.05, 4.69) is 10.3 Å². The van der Waals surface area contributed by atoms with E-state index in [0.29, 0.717) is 25.2 Å². The number of nitrogens with one attached hydrogen (secondary N) is 1. The predicted molar refractivity (Wildman–Crippen MR) is 62.2 cm³/mol. The summed E-state index contributed by atoms with van der Waals surface area (Å²) in [5.74, 6) is 0.300. The van der Waals surface area contributed by atoms with E-state index in [0.717, 1.165) is 12.8 Å². The van der Waals surface area contributed by atoms with Gasteiger partial charge in [-0.15, -0.1) is 0 Å². The van der Waals surface area contributed by atoms with Crippen molar-refractivity contribution in [3.63, 3.8) is 0 Å². The van der Waals surface area contributed by atoms with E-state index in [1.807, 2.05) is 11.9 Å². The molecule has 0 aliphatic heterocycles. The Kier molecular flexibility index (Phi) is 5.04. The smallest absolute Gasteiger partial charge is 0.241 e. The minimum atomic E-state index is -0.135. The SMILES string of the molecule is COCCNC(=O)CN=C(N)N(C)C1CC1. The number of nitrogens with two attached hydrogens (primary N) is 1. The Balaban J connectivity index is 2.20. The molecule has 1 amide bonds. The number of hydrogen-bond donors (Lipinski definition) is 2. The van der Waals surface area contributed by atoms with Crippen molar-refractivity contribution >= 4 is 11.9 Å². The number of hydrogen-bond acceptors (Lipinski definition) is 3. The molecule has 0 bridgehead atoms. The molecule has 0 spiro atoms. The van der Waals surface area contributed by atoms with Crippen LogP contribution in [0.25, 0.3) is 0 Å². The van der Waals surface area contributed by atoms with E-state index in [9.17, 15) is 4.79 Å². The number of carbonyl (C=O) groups is 1. The quantitative estimate of drug-likeness (QED) is 0.353. The zero-order valence-electron chi connectivity index (χ0n) is 9.90. The molecular weight excluding hydrogens is 208 g/mol. The van der Waals surface area contributed by atoms with Crippen molar-refractivity contribution < 1.29 is 9.53 Å². The van der Waals surface area contributed by atoms with Gasteiger partial charge in [0.2, 0.25) is 5.91 Å². The average molecular weight is 228 g/mol. The second-order valence-electron chi connectivity index (χ2n) is 3.86. The molecule has 0 heterocycles. The van der Waals surface area contributed by atoms with E-state index in [4.69, 9.17) is 10.5 Å². The van der Waals surface area contributed by atoms with Crippen molar-refractivity contribution in [1.29, 1.82) is 0 Å². The number of nitrogens with zero attached hydrogens (tertiary/aromatic N) is 2. The maximum Gasteiger partial charge on any atom is 0.241 e. The van der Waals surface area contributed by atoms with Gasteiger partial charge in [0.1, 0.15) is 6.54 Å². The molecule has 1 aliphatic rings. The Hall–Kier alpha value is -1.30. The second kappa shape index (κ2) is 6.32. The Labute approximate surface area is 95.8 Å². The van der Waals surface area contributed by atoms with Crippen LogP contribution in [-0.2, 0) is 9.53 Å². The lowest BCUT2D eigenvalue weighted by Crippen LogP contribution is -2.37. The van der Waals surface area contributed by atoms with Crippen LogP contribution in [0.2, 0.25) is 0 Å². The van der Waals surface area contributed by atoms with Gasteiger partial charge in [0.25, 0.3) is 0 Å². The van der Waals surface area contributed by atoms with Gasteiger partial charge < -0.3 is 20.7 Å². The minimum absolute atomic E-state index is 0.0760. The Morgan fingerprint density at radius 1 is 1.62 bits per heavy atom. The summed E-state index contributed by atoms with van der Waals surface area (Å²) in [7, 11) is 3.49. The molecule has 0 radical (unpaired) electrons. The largest absolute Gasteiger partial charge is 0.383 e. The Morgan fingerprint density at radius 3 is 2.88 bits per heavy atom. The molecule has 16 heavy (non-hydrogen) atoms. The van der Waals surface area contributed by atoms with Gasteiger partial charge >= 0.3 is 0 Å². The maximum atomic E-state index is 11.3. The number of rotatable bonds is 6. The number of carbonyl (C=O) groups excluding carboxylic acids is 1. The van der Waals surface area contributed by atoms with E-state index < -0.39 is 0 Å². The van der Waals surface area contributed by atoms with E-state index in [1.54, 1.807) is 7.11 Å². The molecule has 0 saturated heterocycles. The first kappa shape index (κ1) is 12.8. The number of methoxy groups -OCH3 is 1. The fourth-order valence-corrected chi connectivity index (χ4v) is 1.26. The number of guanidine groups is 1. The van der Waals surface area contributed by atoms with Crippen LogP contribution in [-0.4, -0.2) is 56.7 Å². The fourth-order valence-electron chi connectivity index (χ4n) is 1.26. The summed E-state index contributed by atoms with van der Waals surface area (Å²) < 4.78 is 4.81. The molecule has 0 atom stereocenters. The first-order chi connectivity index (χ1) is 7.65. The molecule has 0 aromatic rings. The van der Waals surface area contributed by atoms with Gasteiger partial charge in [-0.25, -0.2) is 4.99 Å². The molecule has 0 aromatic heterocycles. The van der Waals surface area contributed by atoms with Gasteiger partial charge in [0, 0.05) is 26.7 Å². The fraction of sp³-hybridized carbons (Fsp3) is 0.800. The van der Waals surface area contributed by atoms with Crippen LogP contribution in [0.1, 0.15) is 12.8 Å². The molecule has 0 unspecified atom stereocenters. The van der Waals surface area contributed by atoms with Crippen molar-refractivity contribution in [2.75, 3.05) is 33.9 Å². The third-order valence-electron chi connectivity index (χ3n) is 2.47. The summed E-state index contributed by atoms with van der Waals surface area (Å²) in [6.45, 7) is 1.09. The van der Waals surface area contributed by atoms with Crippen molar-refractivity contribution in [2.45, 2.75) is 18.9 Å². The lowest BCUT2D eigenvalue weighted by atomic mass is 10.5. The van der Waals surface area contributed by atoms with Crippen LogP contribution >= 0.6 is 0 Å². The van der Waals surface area contributed by atoms with Crippen LogP contribution in [0, 0.1) is 0 Å². The zero-order chi connectivity index (χ0) is 12.0. The normalized spacial score (nSPS) is 16.0. The summed E-state index contributed by atoms with van der Waals surface area (Å²) in [5.41, 5.74) is 5.73. The van der Waals surface area contributed by atoms with Gasteiger partial charge in [-0.2, -0.15) is 0 Å². The van der Waals surface area contributed by atoms with Crippen molar-refractivity contribution in [3.8, 4) is 0 Å². The average Bonchev–Trinajstić information content (AvgIpc) is 3.09. The summed E-state index contributed by atoms with van der Waals surface area (Å²) in [6.07, 6.45) is 2.32. The molecule has 1 aliphatic carbocycles. The van der Waals surface area contributed by atoms with Crippen molar-refractivity contribution in [3.05, 3.63) is 0 Å². The molecule has 6 nitrogen and oxygen atoms in total. The van der Waals surface area contributed by atoms with Crippen molar-refractivity contribution in [1.82, 2.24) is 10.2 Å². The van der Waals surface area contributed by atoms with E-state index >= 15 is 0 Å². The maximum absolute atomic E-state index is 11.3. The van der Waals surface area contributed by atoms with Gasteiger partial charge in [0.05, 0.1) is 6.61 Å². The van der Waals surface area contributed by atoms with Crippen molar-refractivity contribution in [2.24, 2.45) is 10.7 Å². The molecule has 92 valence electrons.